The van der Waals surface area contributed by atoms with Crippen LogP contribution in [0.4, 0.5) is 0 Å². The predicted molar refractivity (Wildman–Crippen MR) is 76.2 cm³/mol. The van der Waals surface area contributed by atoms with Gasteiger partial charge in [-0.05, 0) is 43.1 Å². The fourth-order valence-corrected chi connectivity index (χ4v) is 3.28. The van der Waals surface area contributed by atoms with Crippen molar-refractivity contribution in [2.75, 3.05) is 25.0 Å². The third kappa shape index (κ3) is 5.18. The second-order valence-corrected chi connectivity index (χ2v) is 7.07. The zero-order chi connectivity index (χ0) is 12.2. The van der Waals surface area contributed by atoms with Crippen molar-refractivity contribution in [2.45, 2.75) is 47.0 Å². The van der Waals surface area contributed by atoms with E-state index in [9.17, 15) is 0 Å². The van der Waals surface area contributed by atoms with Crippen LogP contribution in [0.2, 0.25) is 0 Å². The number of alkyl halides is 1. The molecule has 0 aromatic rings. The van der Waals surface area contributed by atoms with Gasteiger partial charge in [0.2, 0.25) is 0 Å². The van der Waals surface area contributed by atoms with E-state index in [1.807, 2.05) is 0 Å². The van der Waals surface area contributed by atoms with Crippen molar-refractivity contribution in [3.63, 3.8) is 0 Å². The lowest BCUT2D eigenvalue weighted by molar-refractivity contribution is 0.161. The summed E-state index contributed by atoms with van der Waals surface area (Å²) in [6, 6.07) is 0. The minimum atomic E-state index is 0.416. The molecule has 1 nitrogen and oxygen atoms in total. The first-order chi connectivity index (χ1) is 7.47. The van der Waals surface area contributed by atoms with Crippen LogP contribution < -0.4 is 0 Å². The van der Waals surface area contributed by atoms with Gasteiger partial charge in [-0.3, -0.25) is 0 Å². The Hall–Kier alpha value is 0.440. The first-order valence-corrected chi connectivity index (χ1v) is 7.87. The standard InChI is InChI=1S/C14H28BrN/c1-5-8-16(10-12-6-7-12)11-13(9-15)14(2,3)4/h12-13H,5-11H2,1-4H3. The van der Waals surface area contributed by atoms with E-state index in [-0.39, 0.29) is 0 Å². The predicted octanol–water partition coefficient (Wildman–Crippen LogP) is 4.17. The molecule has 0 N–H and O–H groups in total. The molecule has 0 radical (unpaired) electrons. The van der Waals surface area contributed by atoms with Crippen molar-refractivity contribution in [3.05, 3.63) is 0 Å². The summed E-state index contributed by atoms with van der Waals surface area (Å²) in [5.41, 5.74) is 0.416. The van der Waals surface area contributed by atoms with Crippen molar-refractivity contribution in [3.8, 4) is 0 Å². The van der Waals surface area contributed by atoms with Crippen LogP contribution >= 0.6 is 15.9 Å². The highest BCUT2D eigenvalue weighted by atomic mass is 79.9. The Balaban J connectivity index is 2.43. The van der Waals surface area contributed by atoms with Crippen LogP contribution in [0.15, 0.2) is 0 Å². The maximum Gasteiger partial charge on any atom is 0.00768 e. The van der Waals surface area contributed by atoms with Crippen molar-refractivity contribution in [1.82, 2.24) is 4.90 Å². The van der Waals surface area contributed by atoms with Crippen LogP contribution in [0.1, 0.15) is 47.0 Å². The fourth-order valence-electron chi connectivity index (χ4n) is 2.10. The summed E-state index contributed by atoms with van der Waals surface area (Å²) in [6.45, 7) is 13.3. The van der Waals surface area contributed by atoms with E-state index in [2.05, 4.69) is 48.5 Å². The zero-order valence-corrected chi connectivity index (χ0v) is 13.0. The molecule has 16 heavy (non-hydrogen) atoms. The Labute approximate surface area is 110 Å². The van der Waals surface area contributed by atoms with E-state index >= 15 is 0 Å². The SMILES string of the molecule is CCCN(CC1CC1)CC(CBr)C(C)(C)C. The lowest BCUT2D eigenvalue weighted by Crippen LogP contribution is -2.38. The Morgan fingerprint density at radius 3 is 2.31 bits per heavy atom. The largest absolute Gasteiger partial charge is 0.303 e. The van der Waals surface area contributed by atoms with Gasteiger partial charge >= 0.3 is 0 Å². The first-order valence-electron chi connectivity index (χ1n) is 6.75. The van der Waals surface area contributed by atoms with E-state index in [0.717, 1.165) is 17.2 Å². The van der Waals surface area contributed by atoms with Gasteiger partial charge in [-0.25, -0.2) is 0 Å². The minimum absolute atomic E-state index is 0.416. The molecule has 0 aromatic heterocycles. The van der Waals surface area contributed by atoms with Gasteiger partial charge in [-0.15, -0.1) is 0 Å². The maximum atomic E-state index is 3.69. The van der Waals surface area contributed by atoms with E-state index < -0.39 is 0 Å². The highest BCUT2D eigenvalue weighted by Crippen LogP contribution is 2.32. The fraction of sp³-hybridized carbons (Fsp3) is 1.00. The van der Waals surface area contributed by atoms with E-state index in [0.29, 0.717) is 5.41 Å². The van der Waals surface area contributed by atoms with Crippen LogP contribution in [-0.2, 0) is 0 Å². The summed E-state index contributed by atoms with van der Waals surface area (Å²) in [5, 5.41) is 1.13. The average molecular weight is 290 g/mol. The molecule has 1 saturated carbocycles. The quantitative estimate of drug-likeness (QED) is 0.636. The summed E-state index contributed by atoms with van der Waals surface area (Å²) < 4.78 is 0. The molecular weight excluding hydrogens is 262 g/mol. The lowest BCUT2D eigenvalue weighted by Gasteiger charge is -2.34. The van der Waals surface area contributed by atoms with E-state index in [1.54, 1.807) is 0 Å². The smallest absolute Gasteiger partial charge is 0.00768 e. The van der Waals surface area contributed by atoms with Crippen molar-refractivity contribution in [1.29, 1.82) is 0 Å². The van der Waals surface area contributed by atoms with Gasteiger partial charge in [0, 0.05) is 18.4 Å². The number of hydrogen-bond acceptors (Lipinski definition) is 1. The van der Waals surface area contributed by atoms with Gasteiger partial charge in [0.1, 0.15) is 0 Å². The molecule has 1 unspecified atom stereocenters. The monoisotopic (exact) mass is 289 g/mol. The number of halogens is 1. The van der Waals surface area contributed by atoms with Crippen molar-refractivity contribution >= 4 is 15.9 Å². The molecule has 1 aliphatic carbocycles. The molecule has 1 rings (SSSR count). The molecule has 1 aliphatic rings. The van der Waals surface area contributed by atoms with E-state index in [1.165, 1.54) is 38.9 Å². The van der Waals surface area contributed by atoms with Crippen LogP contribution in [0, 0.1) is 17.3 Å². The maximum absolute atomic E-state index is 3.69. The normalized spacial score (nSPS) is 19.1. The summed E-state index contributed by atoms with van der Waals surface area (Å²) >= 11 is 3.69. The second-order valence-electron chi connectivity index (χ2n) is 6.42. The molecule has 1 fully saturated rings. The molecule has 2 heteroatoms. The van der Waals surface area contributed by atoms with Crippen molar-refractivity contribution in [2.24, 2.45) is 17.3 Å². The highest BCUT2D eigenvalue weighted by Gasteiger charge is 2.29. The molecule has 0 bridgehead atoms. The average Bonchev–Trinajstić information content (AvgIpc) is 2.96. The Bertz CT molecular complexity index is 193. The Morgan fingerprint density at radius 2 is 1.94 bits per heavy atom. The third-order valence-corrected chi connectivity index (χ3v) is 4.42. The van der Waals surface area contributed by atoms with Gasteiger partial charge in [0.25, 0.3) is 0 Å². The minimum Gasteiger partial charge on any atom is -0.303 e. The Morgan fingerprint density at radius 1 is 1.31 bits per heavy atom. The van der Waals surface area contributed by atoms with Gasteiger partial charge in [-0.2, -0.15) is 0 Å². The Kier molecular flexibility index (Phi) is 5.79. The van der Waals surface area contributed by atoms with Crippen molar-refractivity contribution < 1.29 is 0 Å². The molecule has 1 atom stereocenters. The van der Waals surface area contributed by atoms with Gasteiger partial charge in [0.05, 0.1) is 0 Å². The second kappa shape index (κ2) is 6.39. The lowest BCUT2D eigenvalue weighted by atomic mass is 9.81. The molecule has 0 saturated heterocycles. The van der Waals surface area contributed by atoms with Crippen LogP contribution in [0.25, 0.3) is 0 Å². The molecule has 0 amide bonds. The highest BCUT2D eigenvalue weighted by molar-refractivity contribution is 9.09. The van der Waals surface area contributed by atoms with Crippen LogP contribution in [0.3, 0.4) is 0 Å². The molecule has 0 heterocycles. The number of nitrogens with zero attached hydrogens (tertiary/aromatic N) is 1. The first kappa shape index (κ1) is 14.5. The number of rotatable bonds is 7. The van der Waals surface area contributed by atoms with Crippen LogP contribution in [0.5, 0.6) is 0 Å². The van der Waals surface area contributed by atoms with Gasteiger partial charge < -0.3 is 4.90 Å². The summed E-state index contributed by atoms with van der Waals surface area (Å²) in [7, 11) is 0. The van der Waals surface area contributed by atoms with E-state index in [4.69, 9.17) is 0 Å². The molecule has 0 aliphatic heterocycles. The van der Waals surface area contributed by atoms with Gasteiger partial charge in [0.15, 0.2) is 0 Å². The topological polar surface area (TPSA) is 3.24 Å². The molecule has 96 valence electrons. The zero-order valence-electron chi connectivity index (χ0n) is 11.4. The molecular formula is C14H28BrN. The summed E-state index contributed by atoms with van der Waals surface area (Å²) in [4.78, 5) is 2.69. The summed E-state index contributed by atoms with van der Waals surface area (Å²) in [6.07, 6.45) is 4.22. The number of hydrogen-bond donors (Lipinski definition) is 0. The van der Waals surface area contributed by atoms with Crippen LogP contribution in [-0.4, -0.2) is 29.9 Å². The molecule has 0 aromatic carbocycles. The molecule has 0 spiro atoms. The summed E-state index contributed by atoms with van der Waals surface area (Å²) in [5.74, 6) is 1.78. The van der Waals surface area contributed by atoms with Gasteiger partial charge in [-0.1, -0.05) is 43.6 Å². The third-order valence-electron chi connectivity index (χ3n) is 3.64.